The first-order chi connectivity index (χ1) is 8.74. The van der Waals surface area contributed by atoms with Crippen LogP contribution in [0.25, 0.3) is 0 Å². The molecule has 0 aliphatic carbocycles. The number of ether oxygens (including phenoxy) is 1. The van der Waals surface area contributed by atoms with Crippen molar-refractivity contribution in [3.8, 4) is 0 Å². The van der Waals surface area contributed by atoms with Gasteiger partial charge in [-0.2, -0.15) is 0 Å². The summed E-state index contributed by atoms with van der Waals surface area (Å²) in [5.41, 5.74) is 5.83. The second kappa shape index (κ2) is 6.53. The van der Waals surface area contributed by atoms with Crippen molar-refractivity contribution in [1.29, 1.82) is 0 Å². The number of piperidine rings is 1. The minimum absolute atomic E-state index is 0.153. The SMILES string of the molecule is CCC1CCN(C(=O)CC2CCCO2)C(CN)C1. The molecule has 0 bridgehead atoms. The van der Waals surface area contributed by atoms with Crippen LogP contribution in [0.4, 0.5) is 0 Å². The van der Waals surface area contributed by atoms with Gasteiger partial charge in [-0.15, -0.1) is 0 Å². The average molecular weight is 254 g/mol. The van der Waals surface area contributed by atoms with Crippen molar-refractivity contribution in [2.24, 2.45) is 11.7 Å². The minimum atomic E-state index is 0.153. The van der Waals surface area contributed by atoms with Crippen LogP contribution in [0, 0.1) is 5.92 Å². The van der Waals surface area contributed by atoms with E-state index in [1.807, 2.05) is 4.90 Å². The Morgan fingerprint density at radius 2 is 2.28 bits per heavy atom. The zero-order valence-corrected chi connectivity index (χ0v) is 11.4. The van der Waals surface area contributed by atoms with Gasteiger partial charge in [-0.05, 0) is 31.6 Å². The highest BCUT2D eigenvalue weighted by Crippen LogP contribution is 2.26. The van der Waals surface area contributed by atoms with Gasteiger partial charge in [-0.1, -0.05) is 13.3 Å². The fourth-order valence-corrected chi connectivity index (χ4v) is 3.17. The van der Waals surface area contributed by atoms with Gasteiger partial charge in [0.2, 0.25) is 5.91 Å². The molecule has 4 heteroatoms. The van der Waals surface area contributed by atoms with Crippen molar-refractivity contribution < 1.29 is 9.53 Å². The summed E-state index contributed by atoms with van der Waals surface area (Å²) < 4.78 is 5.55. The maximum absolute atomic E-state index is 12.3. The zero-order valence-electron chi connectivity index (χ0n) is 11.4. The lowest BCUT2D eigenvalue weighted by atomic mass is 9.88. The van der Waals surface area contributed by atoms with Crippen LogP contribution < -0.4 is 5.73 Å². The molecule has 3 atom stereocenters. The second-order valence-corrected chi connectivity index (χ2v) is 5.61. The van der Waals surface area contributed by atoms with E-state index in [2.05, 4.69) is 6.92 Å². The van der Waals surface area contributed by atoms with Crippen molar-refractivity contribution >= 4 is 5.91 Å². The van der Waals surface area contributed by atoms with E-state index in [1.165, 1.54) is 6.42 Å². The average Bonchev–Trinajstić information content (AvgIpc) is 2.90. The van der Waals surface area contributed by atoms with Crippen LogP contribution in [0.15, 0.2) is 0 Å². The molecule has 18 heavy (non-hydrogen) atoms. The van der Waals surface area contributed by atoms with Gasteiger partial charge in [0.15, 0.2) is 0 Å². The number of nitrogens with two attached hydrogens (primary N) is 1. The monoisotopic (exact) mass is 254 g/mol. The Morgan fingerprint density at radius 3 is 2.89 bits per heavy atom. The van der Waals surface area contributed by atoms with E-state index in [0.29, 0.717) is 13.0 Å². The molecule has 2 N–H and O–H groups in total. The van der Waals surface area contributed by atoms with Gasteiger partial charge in [0.25, 0.3) is 0 Å². The normalized spacial score (nSPS) is 32.8. The molecule has 4 nitrogen and oxygen atoms in total. The van der Waals surface area contributed by atoms with Gasteiger partial charge in [-0.25, -0.2) is 0 Å². The molecule has 2 aliphatic heterocycles. The Kier molecular flexibility index (Phi) is 5.01. The summed E-state index contributed by atoms with van der Waals surface area (Å²) in [7, 11) is 0. The van der Waals surface area contributed by atoms with E-state index >= 15 is 0 Å². The third-order valence-corrected chi connectivity index (χ3v) is 4.42. The number of carbonyl (C=O) groups excluding carboxylic acids is 1. The molecular formula is C14H26N2O2. The molecule has 2 rings (SSSR count). The lowest BCUT2D eigenvalue weighted by Gasteiger charge is -2.39. The summed E-state index contributed by atoms with van der Waals surface area (Å²) in [5.74, 6) is 0.984. The van der Waals surface area contributed by atoms with Crippen molar-refractivity contribution in [1.82, 2.24) is 4.90 Å². The summed E-state index contributed by atoms with van der Waals surface area (Å²) in [6.45, 7) is 4.51. The Balaban J connectivity index is 1.87. The van der Waals surface area contributed by atoms with Crippen LogP contribution in [0.3, 0.4) is 0 Å². The van der Waals surface area contributed by atoms with Crippen LogP contribution in [-0.2, 0) is 9.53 Å². The smallest absolute Gasteiger partial charge is 0.225 e. The number of likely N-dealkylation sites (tertiary alicyclic amines) is 1. The van der Waals surface area contributed by atoms with Crippen LogP contribution in [0.5, 0.6) is 0 Å². The van der Waals surface area contributed by atoms with Crippen molar-refractivity contribution in [3.63, 3.8) is 0 Å². The molecule has 0 aromatic heterocycles. The summed E-state index contributed by atoms with van der Waals surface area (Å²) in [6, 6.07) is 0.248. The molecule has 0 radical (unpaired) electrons. The first kappa shape index (κ1) is 13.8. The maximum Gasteiger partial charge on any atom is 0.225 e. The highest BCUT2D eigenvalue weighted by atomic mass is 16.5. The van der Waals surface area contributed by atoms with Crippen LogP contribution in [0.2, 0.25) is 0 Å². The molecule has 104 valence electrons. The quantitative estimate of drug-likeness (QED) is 0.828. The Hall–Kier alpha value is -0.610. The molecular weight excluding hydrogens is 228 g/mol. The van der Waals surface area contributed by atoms with E-state index in [-0.39, 0.29) is 18.1 Å². The predicted octanol–water partition coefficient (Wildman–Crippen LogP) is 1.53. The summed E-state index contributed by atoms with van der Waals surface area (Å²) >= 11 is 0. The first-order valence-electron chi connectivity index (χ1n) is 7.35. The van der Waals surface area contributed by atoms with Gasteiger partial charge in [0.1, 0.15) is 0 Å². The highest BCUT2D eigenvalue weighted by Gasteiger charge is 2.31. The molecule has 2 aliphatic rings. The summed E-state index contributed by atoms with van der Waals surface area (Å²) in [6.07, 6.45) is 6.23. The predicted molar refractivity (Wildman–Crippen MR) is 71.2 cm³/mol. The topological polar surface area (TPSA) is 55.6 Å². The lowest BCUT2D eigenvalue weighted by Crippen LogP contribution is -2.50. The van der Waals surface area contributed by atoms with Crippen LogP contribution in [0.1, 0.15) is 45.4 Å². The number of hydrogen-bond acceptors (Lipinski definition) is 3. The largest absolute Gasteiger partial charge is 0.378 e. The second-order valence-electron chi connectivity index (χ2n) is 5.61. The van der Waals surface area contributed by atoms with Crippen molar-refractivity contribution in [3.05, 3.63) is 0 Å². The summed E-state index contributed by atoms with van der Waals surface area (Å²) in [5, 5.41) is 0. The van der Waals surface area contributed by atoms with Gasteiger partial charge >= 0.3 is 0 Å². The molecule has 2 saturated heterocycles. The third kappa shape index (κ3) is 3.23. The molecule has 2 fully saturated rings. The van der Waals surface area contributed by atoms with Gasteiger partial charge < -0.3 is 15.4 Å². The zero-order chi connectivity index (χ0) is 13.0. The molecule has 3 unspecified atom stereocenters. The van der Waals surface area contributed by atoms with E-state index < -0.39 is 0 Å². The minimum Gasteiger partial charge on any atom is -0.378 e. The van der Waals surface area contributed by atoms with Crippen LogP contribution >= 0.6 is 0 Å². The summed E-state index contributed by atoms with van der Waals surface area (Å²) in [4.78, 5) is 14.3. The van der Waals surface area contributed by atoms with Crippen molar-refractivity contribution in [2.45, 2.75) is 57.6 Å². The standard InChI is InChI=1S/C14H26N2O2/c1-2-11-5-6-16(12(8-11)10-15)14(17)9-13-4-3-7-18-13/h11-13H,2-10,15H2,1H3. The van der Waals surface area contributed by atoms with Gasteiger partial charge in [0.05, 0.1) is 12.5 Å². The van der Waals surface area contributed by atoms with Crippen molar-refractivity contribution in [2.75, 3.05) is 19.7 Å². The van der Waals surface area contributed by atoms with Crippen LogP contribution in [-0.4, -0.2) is 42.6 Å². The van der Waals surface area contributed by atoms with Gasteiger partial charge in [-0.3, -0.25) is 4.79 Å². The fourth-order valence-electron chi connectivity index (χ4n) is 3.17. The van der Waals surface area contributed by atoms with E-state index in [9.17, 15) is 4.79 Å². The molecule has 0 aromatic rings. The number of rotatable bonds is 4. The Labute approximate surface area is 110 Å². The fraction of sp³-hybridized carbons (Fsp3) is 0.929. The molecule has 2 heterocycles. The number of nitrogens with zero attached hydrogens (tertiary/aromatic N) is 1. The van der Waals surface area contributed by atoms with E-state index in [4.69, 9.17) is 10.5 Å². The molecule has 0 spiro atoms. The molecule has 1 amide bonds. The van der Waals surface area contributed by atoms with E-state index in [1.54, 1.807) is 0 Å². The van der Waals surface area contributed by atoms with Gasteiger partial charge in [0, 0.05) is 25.7 Å². The third-order valence-electron chi connectivity index (χ3n) is 4.42. The highest BCUT2D eigenvalue weighted by molar-refractivity contribution is 5.77. The Morgan fingerprint density at radius 1 is 1.44 bits per heavy atom. The molecule has 0 saturated carbocycles. The molecule has 0 aromatic carbocycles. The number of carbonyl (C=O) groups is 1. The lowest BCUT2D eigenvalue weighted by molar-refractivity contribution is -0.137. The maximum atomic E-state index is 12.3. The number of amides is 1. The number of hydrogen-bond donors (Lipinski definition) is 1. The first-order valence-corrected chi connectivity index (χ1v) is 7.35. The Bertz CT molecular complexity index is 277. The van der Waals surface area contributed by atoms with E-state index in [0.717, 1.165) is 44.8 Å².